The molecule has 0 aliphatic carbocycles. The average Bonchev–Trinajstić information content (AvgIpc) is 2.37. The molecule has 2 rings (SSSR count). The van der Waals surface area contributed by atoms with Gasteiger partial charge in [0.25, 0.3) is 0 Å². The number of halogens is 4. The lowest BCUT2D eigenvalue weighted by atomic mass is 9.97. The van der Waals surface area contributed by atoms with Crippen molar-refractivity contribution in [3.05, 3.63) is 29.6 Å². The number of piperazine rings is 1. The van der Waals surface area contributed by atoms with Crippen LogP contribution in [0.25, 0.3) is 0 Å². The minimum atomic E-state index is -4.67. The van der Waals surface area contributed by atoms with Crippen molar-refractivity contribution in [3.8, 4) is 0 Å². The standard InChI is InChI=1S/C15H20F4N2/c1-9(2)14-7-20-10(3)8-21(14)11-4-5-13(16)12(6-11)15(17,18)19/h4-6,9-10,14,20H,7-8H2,1-3H3. The van der Waals surface area contributed by atoms with E-state index in [0.29, 0.717) is 18.8 Å². The second-order valence-electron chi connectivity index (χ2n) is 5.93. The van der Waals surface area contributed by atoms with Gasteiger partial charge in [0.15, 0.2) is 0 Å². The van der Waals surface area contributed by atoms with Crippen LogP contribution in [-0.4, -0.2) is 25.2 Å². The number of benzene rings is 1. The fourth-order valence-electron chi connectivity index (χ4n) is 2.73. The first kappa shape index (κ1) is 16.1. The van der Waals surface area contributed by atoms with Crippen molar-refractivity contribution in [2.45, 2.75) is 39.0 Å². The van der Waals surface area contributed by atoms with Gasteiger partial charge in [-0.25, -0.2) is 4.39 Å². The van der Waals surface area contributed by atoms with Crippen LogP contribution in [0.4, 0.5) is 23.2 Å². The molecule has 0 radical (unpaired) electrons. The van der Waals surface area contributed by atoms with Crippen molar-refractivity contribution in [2.24, 2.45) is 5.92 Å². The number of nitrogens with zero attached hydrogens (tertiary/aromatic N) is 1. The first-order chi connectivity index (χ1) is 9.70. The molecular formula is C15H20F4N2. The molecule has 21 heavy (non-hydrogen) atoms. The SMILES string of the molecule is CC1CN(c2ccc(F)c(C(F)(F)F)c2)C(C(C)C)CN1. The molecule has 0 bridgehead atoms. The highest BCUT2D eigenvalue weighted by atomic mass is 19.4. The molecule has 0 amide bonds. The molecule has 6 heteroatoms. The second kappa shape index (κ2) is 5.83. The van der Waals surface area contributed by atoms with Gasteiger partial charge < -0.3 is 10.2 Å². The lowest BCUT2D eigenvalue weighted by Gasteiger charge is -2.43. The van der Waals surface area contributed by atoms with E-state index in [1.807, 2.05) is 25.7 Å². The van der Waals surface area contributed by atoms with Gasteiger partial charge in [-0.3, -0.25) is 0 Å². The average molecular weight is 304 g/mol. The summed E-state index contributed by atoms with van der Waals surface area (Å²) in [6.45, 7) is 7.36. The zero-order valence-electron chi connectivity index (χ0n) is 12.3. The lowest BCUT2D eigenvalue weighted by molar-refractivity contribution is -0.139. The molecule has 2 unspecified atom stereocenters. The van der Waals surface area contributed by atoms with E-state index in [2.05, 4.69) is 5.32 Å². The Morgan fingerprint density at radius 1 is 1.29 bits per heavy atom. The Morgan fingerprint density at radius 2 is 1.95 bits per heavy atom. The second-order valence-corrected chi connectivity index (χ2v) is 5.93. The van der Waals surface area contributed by atoms with Crippen LogP contribution in [0.5, 0.6) is 0 Å². The smallest absolute Gasteiger partial charge is 0.365 e. The maximum absolute atomic E-state index is 13.4. The third kappa shape index (κ3) is 3.48. The van der Waals surface area contributed by atoms with E-state index in [1.54, 1.807) is 0 Å². The molecule has 118 valence electrons. The predicted molar refractivity (Wildman–Crippen MR) is 74.8 cm³/mol. The molecule has 0 spiro atoms. The van der Waals surface area contributed by atoms with Gasteiger partial charge in [-0.1, -0.05) is 13.8 Å². The van der Waals surface area contributed by atoms with E-state index in [-0.39, 0.29) is 18.0 Å². The molecule has 1 aromatic carbocycles. The Bertz CT molecular complexity index is 499. The number of alkyl halides is 3. The highest BCUT2D eigenvalue weighted by Gasteiger charge is 2.36. The topological polar surface area (TPSA) is 15.3 Å². The van der Waals surface area contributed by atoms with Crippen LogP contribution in [0, 0.1) is 11.7 Å². The van der Waals surface area contributed by atoms with E-state index >= 15 is 0 Å². The quantitative estimate of drug-likeness (QED) is 0.839. The highest BCUT2D eigenvalue weighted by Crippen LogP contribution is 2.35. The third-order valence-electron chi connectivity index (χ3n) is 3.90. The summed E-state index contributed by atoms with van der Waals surface area (Å²) in [6.07, 6.45) is -4.67. The van der Waals surface area contributed by atoms with E-state index in [1.165, 1.54) is 6.07 Å². The predicted octanol–water partition coefficient (Wildman–Crippen LogP) is 3.67. The van der Waals surface area contributed by atoms with Gasteiger partial charge in [-0.05, 0) is 31.0 Å². The number of hydrogen-bond acceptors (Lipinski definition) is 2. The van der Waals surface area contributed by atoms with Crippen molar-refractivity contribution in [2.75, 3.05) is 18.0 Å². The molecule has 1 saturated heterocycles. The van der Waals surface area contributed by atoms with Crippen molar-refractivity contribution in [3.63, 3.8) is 0 Å². The summed E-state index contributed by atoms with van der Waals surface area (Å²) in [6, 6.07) is 3.52. The van der Waals surface area contributed by atoms with Crippen LogP contribution < -0.4 is 10.2 Å². The Kier molecular flexibility index (Phi) is 4.46. The van der Waals surface area contributed by atoms with E-state index in [4.69, 9.17) is 0 Å². The summed E-state index contributed by atoms with van der Waals surface area (Å²) in [5, 5.41) is 3.33. The monoisotopic (exact) mass is 304 g/mol. The van der Waals surface area contributed by atoms with Crippen molar-refractivity contribution < 1.29 is 17.6 Å². The number of rotatable bonds is 2. The van der Waals surface area contributed by atoms with Crippen molar-refractivity contribution >= 4 is 5.69 Å². The van der Waals surface area contributed by atoms with Crippen LogP contribution in [0.3, 0.4) is 0 Å². The molecule has 1 aliphatic rings. The van der Waals surface area contributed by atoms with E-state index in [9.17, 15) is 17.6 Å². The number of anilines is 1. The molecule has 1 aromatic rings. The van der Waals surface area contributed by atoms with Gasteiger partial charge >= 0.3 is 6.18 Å². The van der Waals surface area contributed by atoms with Gasteiger partial charge in [0, 0.05) is 30.9 Å². The first-order valence-corrected chi connectivity index (χ1v) is 7.07. The summed E-state index contributed by atoms with van der Waals surface area (Å²) in [7, 11) is 0. The lowest BCUT2D eigenvalue weighted by Crippen LogP contribution is -2.57. The van der Waals surface area contributed by atoms with E-state index < -0.39 is 17.6 Å². The zero-order chi connectivity index (χ0) is 15.8. The molecule has 1 fully saturated rings. The van der Waals surface area contributed by atoms with Crippen LogP contribution in [-0.2, 0) is 6.18 Å². The number of hydrogen-bond donors (Lipinski definition) is 1. The molecule has 2 atom stereocenters. The molecule has 1 N–H and O–H groups in total. The largest absolute Gasteiger partial charge is 0.419 e. The summed E-state index contributed by atoms with van der Waals surface area (Å²) < 4.78 is 52.0. The fourth-order valence-corrected chi connectivity index (χ4v) is 2.73. The third-order valence-corrected chi connectivity index (χ3v) is 3.90. The molecule has 0 saturated carbocycles. The Balaban J connectivity index is 2.39. The minimum absolute atomic E-state index is 0.0905. The van der Waals surface area contributed by atoms with Gasteiger partial charge in [-0.15, -0.1) is 0 Å². The van der Waals surface area contributed by atoms with Crippen LogP contribution in [0.1, 0.15) is 26.3 Å². The normalized spacial score (nSPS) is 23.7. The first-order valence-electron chi connectivity index (χ1n) is 7.07. The van der Waals surface area contributed by atoms with Crippen molar-refractivity contribution in [1.29, 1.82) is 0 Å². The molecule has 1 aliphatic heterocycles. The summed E-state index contributed by atoms with van der Waals surface area (Å²) in [5.41, 5.74) is -0.774. The summed E-state index contributed by atoms with van der Waals surface area (Å²) >= 11 is 0. The molecular weight excluding hydrogens is 284 g/mol. The van der Waals surface area contributed by atoms with Crippen LogP contribution >= 0.6 is 0 Å². The maximum atomic E-state index is 13.4. The summed E-state index contributed by atoms with van der Waals surface area (Å²) in [4.78, 5) is 1.94. The van der Waals surface area contributed by atoms with Crippen LogP contribution in [0.15, 0.2) is 18.2 Å². The van der Waals surface area contributed by atoms with Gasteiger partial charge in [0.2, 0.25) is 0 Å². The van der Waals surface area contributed by atoms with Gasteiger partial charge in [0.1, 0.15) is 5.82 Å². The molecule has 2 nitrogen and oxygen atoms in total. The zero-order valence-corrected chi connectivity index (χ0v) is 12.3. The Labute approximate surface area is 122 Å². The minimum Gasteiger partial charge on any atom is -0.365 e. The van der Waals surface area contributed by atoms with E-state index in [0.717, 1.165) is 12.1 Å². The van der Waals surface area contributed by atoms with Crippen LogP contribution in [0.2, 0.25) is 0 Å². The highest BCUT2D eigenvalue weighted by molar-refractivity contribution is 5.51. The number of nitrogens with one attached hydrogen (secondary N) is 1. The molecule has 1 heterocycles. The Hall–Kier alpha value is -1.30. The van der Waals surface area contributed by atoms with Gasteiger partial charge in [0.05, 0.1) is 5.56 Å². The Morgan fingerprint density at radius 3 is 2.52 bits per heavy atom. The summed E-state index contributed by atoms with van der Waals surface area (Å²) in [5.74, 6) is -0.945. The maximum Gasteiger partial charge on any atom is 0.419 e. The molecule has 0 aromatic heterocycles. The fraction of sp³-hybridized carbons (Fsp3) is 0.600. The van der Waals surface area contributed by atoms with Gasteiger partial charge in [-0.2, -0.15) is 13.2 Å². The van der Waals surface area contributed by atoms with Crippen molar-refractivity contribution in [1.82, 2.24) is 5.32 Å².